The van der Waals surface area contributed by atoms with E-state index in [1.54, 1.807) is 18.2 Å². The molecule has 2 aromatic rings. The smallest absolute Gasteiger partial charge is 0.335 e. The fourth-order valence-corrected chi connectivity index (χ4v) is 2.31. The van der Waals surface area contributed by atoms with E-state index in [4.69, 9.17) is 5.11 Å². The van der Waals surface area contributed by atoms with Crippen molar-refractivity contribution in [2.75, 3.05) is 5.32 Å². The number of carbonyl (C=O) groups is 1. The van der Waals surface area contributed by atoms with Crippen molar-refractivity contribution in [1.29, 1.82) is 0 Å². The quantitative estimate of drug-likeness (QED) is 0.893. The summed E-state index contributed by atoms with van der Waals surface area (Å²) < 4.78 is 1.04. The third kappa shape index (κ3) is 3.58. The minimum absolute atomic E-state index is 0.312. The number of nitrogens with one attached hydrogen (secondary N) is 1. The monoisotopic (exact) mass is 319 g/mol. The Hall–Kier alpha value is -1.81. The van der Waals surface area contributed by atoms with Gasteiger partial charge in [-0.15, -0.1) is 0 Å². The maximum atomic E-state index is 10.9. The molecule has 0 bridgehead atoms. The minimum Gasteiger partial charge on any atom is -0.478 e. The van der Waals surface area contributed by atoms with Crippen LogP contribution in [0.2, 0.25) is 0 Å². The molecule has 98 valence electrons. The van der Waals surface area contributed by atoms with E-state index in [0.29, 0.717) is 12.1 Å². The zero-order valence-corrected chi connectivity index (χ0v) is 12.1. The van der Waals surface area contributed by atoms with Gasteiger partial charge in [0, 0.05) is 16.7 Å². The number of hydrogen-bond acceptors (Lipinski definition) is 2. The van der Waals surface area contributed by atoms with E-state index < -0.39 is 5.97 Å². The van der Waals surface area contributed by atoms with Crippen LogP contribution in [-0.4, -0.2) is 11.1 Å². The maximum absolute atomic E-state index is 10.9. The van der Waals surface area contributed by atoms with Crippen molar-refractivity contribution < 1.29 is 9.90 Å². The molecule has 0 amide bonds. The van der Waals surface area contributed by atoms with Gasteiger partial charge in [0.2, 0.25) is 0 Å². The topological polar surface area (TPSA) is 49.3 Å². The summed E-state index contributed by atoms with van der Waals surface area (Å²) in [6.45, 7) is 2.63. The van der Waals surface area contributed by atoms with Gasteiger partial charge in [-0.2, -0.15) is 0 Å². The van der Waals surface area contributed by atoms with E-state index in [2.05, 4.69) is 21.2 Å². The SMILES string of the molecule is Cc1cc(Br)ccc1NCc1cccc(C(=O)O)c1. The van der Waals surface area contributed by atoms with Gasteiger partial charge >= 0.3 is 5.97 Å². The van der Waals surface area contributed by atoms with E-state index in [1.165, 1.54) is 0 Å². The molecule has 0 aromatic heterocycles. The van der Waals surface area contributed by atoms with Crippen molar-refractivity contribution in [1.82, 2.24) is 0 Å². The average molecular weight is 320 g/mol. The molecule has 0 heterocycles. The van der Waals surface area contributed by atoms with Crippen LogP contribution in [0.3, 0.4) is 0 Å². The molecule has 4 heteroatoms. The van der Waals surface area contributed by atoms with Crippen LogP contribution >= 0.6 is 15.9 Å². The Balaban J connectivity index is 2.10. The van der Waals surface area contributed by atoms with E-state index in [-0.39, 0.29) is 0 Å². The van der Waals surface area contributed by atoms with Crippen LogP contribution in [0, 0.1) is 6.92 Å². The lowest BCUT2D eigenvalue weighted by Crippen LogP contribution is -2.03. The number of hydrogen-bond donors (Lipinski definition) is 2. The van der Waals surface area contributed by atoms with Gasteiger partial charge in [-0.3, -0.25) is 0 Å². The number of halogens is 1. The molecular weight excluding hydrogens is 306 g/mol. The lowest BCUT2D eigenvalue weighted by Gasteiger charge is -2.10. The number of benzene rings is 2. The summed E-state index contributed by atoms with van der Waals surface area (Å²) in [6.07, 6.45) is 0. The molecule has 3 nitrogen and oxygen atoms in total. The number of aryl methyl sites for hydroxylation is 1. The van der Waals surface area contributed by atoms with Gasteiger partial charge < -0.3 is 10.4 Å². The highest BCUT2D eigenvalue weighted by Crippen LogP contribution is 2.20. The predicted molar refractivity (Wildman–Crippen MR) is 79.6 cm³/mol. The second kappa shape index (κ2) is 5.89. The highest BCUT2D eigenvalue weighted by Gasteiger charge is 2.04. The van der Waals surface area contributed by atoms with E-state index in [9.17, 15) is 4.79 Å². The lowest BCUT2D eigenvalue weighted by atomic mass is 10.1. The van der Waals surface area contributed by atoms with Gasteiger partial charge in [-0.25, -0.2) is 4.79 Å². The van der Waals surface area contributed by atoms with Crippen LogP contribution in [0.15, 0.2) is 46.9 Å². The van der Waals surface area contributed by atoms with Gasteiger partial charge in [0.15, 0.2) is 0 Å². The highest BCUT2D eigenvalue weighted by atomic mass is 79.9. The van der Waals surface area contributed by atoms with Crippen LogP contribution in [0.1, 0.15) is 21.5 Å². The van der Waals surface area contributed by atoms with Crippen LogP contribution in [0.5, 0.6) is 0 Å². The van der Waals surface area contributed by atoms with Gasteiger partial charge in [-0.1, -0.05) is 28.1 Å². The molecule has 2 aromatic carbocycles. The summed E-state index contributed by atoms with van der Waals surface area (Å²) in [5, 5.41) is 12.3. The first kappa shape index (κ1) is 13.6. The molecule has 0 aliphatic rings. The van der Waals surface area contributed by atoms with Gasteiger partial charge in [0.05, 0.1) is 5.56 Å². The molecule has 0 spiro atoms. The molecule has 0 aliphatic carbocycles. The van der Waals surface area contributed by atoms with Gasteiger partial charge in [0.25, 0.3) is 0 Å². The number of carboxylic acid groups (broad SMARTS) is 1. The fourth-order valence-electron chi connectivity index (χ4n) is 1.84. The molecule has 0 saturated carbocycles. The Labute approximate surface area is 120 Å². The van der Waals surface area contributed by atoms with E-state index >= 15 is 0 Å². The summed E-state index contributed by atoms with van der Waals surface area (Å²) in [6, 6.07) is 13.0. The summed E-state index contributed by atoms with van der Waals surface area (Å²) >= 11 is 3.42. The van der Waals surface area contributed by atoms with Crippen molar-refractivity contribution in [3.05, 3.63) is 63.6 Å². The summed E-state index contributed by atoms with van der Waals surface area (Å²) in [5.74, 6) is -0.901. The minimum atomic E-state index is -0.901. The van der Waals surface area contributed by atoms with Crippen LogP contribution in [0.4, 0.5) is 5.69 Å². The third-order valence-corrected chi connectivity index (χ3v) is 3.34. The fraction of sp³-hybridized carbons (Fsp3) is 0.133. The van der Waals surface area contributed by atoms with Crippen LogP contribution in [0.25, 0.3) is 0 Å². The molecule has 0 radical (unpaired) electrons. The molecule has 0 aliphatic heterocycles. The molecule has 2 N–H and O–H groups in total. The second-order valence-corrected chi connectivity index (χ2v) is 5.23. The van der Waals surface area contributed by atoms with Crippen molar-refractivity contribution in [3.63, 3.8) is 0 Å². The number of carboxylic acids is 1. The summed E-state index contributed by atoms with van der Waals surface area (Å²) in [4.78, 5) is 10.9. The van der Waals surface area contributed by atoms with Crippen molar-refractivity contribution in [2.24, 2.45) is 0 Å². The van der Waals surface area contributed by atoms with Crippen molar-refractivity contribution in [2.45, 2.75) is 13.5 Å². The van der Waals surface area contributed by atoms with Crippen LogP contribution in [-0.2, 0) is 6.54 Å². The van der Waals surface area contributed by atoms with E-state index in [0.717, 1.165) is 21.3 Å². The second-order valence-electron chi connectivity index (χ2n) is 4.32. The number of aromatic carboxylic acids is 1. The van der Waals surface area contributed by atoms with Gasteiger partial charge in [-0.05, 0) is 48.4 Å². The molecule has 0 atom stereocenters. The first-order valence-electron chi connectivity index (χ1n) is 5.88. The van der Waals surface area contributed by atoms with E-state index in [1.807, 2.05) is 31.2 Å². The number of anilines is 1. The summed E-state index contributed by atoms with van der Waals surface area (Å²) in [7, 11) is 0. The molecule has 0 saturated heterocycles. The first-order chi connectivity index (χ1) is 9.06. The molecule has 0 unspecified atom stereocenters. The highest BCUT2D eigenvalue weighted by molar-refractivity contribution is 9.10. The summed E-state index contributed by atoms with van der Waals surface area (Å²) in [5.41, 5.74) is 3.45. The standard InChI is InChI=1S/C15H14BrNO2/c1-10-7-13(16)5-6-14(10)17-9-11-3-2-4-12(8-11)15(18)19/h2-8,17H,9H2,1H3,(H,18,19). The van der Waals surface area contributed by atoms with Crippen LogP contribution < -0.4 is 5.32 Å². The Kier molecular flexibility index (Phi) is 4.22. The molecule has 0 fully saturated rings. The molecule has 2 rings (SSSR count). The zero-order chi connectivity index (χ0) is 13.8. The maximum Gasteiger partial charge on any atom is 0.335 e. The number of rotatable bonds is 4. The normalized spacial score (nSPS) is 10.2. The van der Waals surface area contributed by atoms with Crippen molar-refractivity contribution >= 4 is 27.6 Å². The Morgan fingerprint density at radius 1 is 1.26 bits per heavy atom. The predicted octanol–water partition coefficient (Wildman–Crippen LogP) is 4.07. The van der Waals surface area contributed by atoms with Gasteiger partial charge in [0.1, 0.15) is 0 Å². The Bertz CT molecular complexity index is 611. The first-order valence-corrected chi connectivity index (χ1v) is 6.68. The Morgan fingerprint density at radius 3 is 2.74 bits per heavy atom. The zero-order valence-electron chi connectivity index (χ0n) is 10.5. The van der Waals surface area contributed by atoms with Crippen molar-refractivity contribution in [3.8, 4) is 0 Å². The molecular formula is C15H14BrNO2. The lowest BCUT2D eigenvalue weighted by molar-refractivity contribution is 0.0697. The largest absolute Gasteiger partial charge is 0.478 e. The third-order valence-electron chi connectivity index (χ3n) is 2.85. The molecule has 19 heavy (non-hydrogen) atoms. The average Bonchev–Trinajstić information content (AvgIpc) is 2.38. The Morgan fingerprint density at radius 2 is 2.05 bits per heavy atom.